The number of hydrogen-bond donors (Lipinski definition) is 1. The second kappa shape index (κ2) is 6.54. The highest BCUT2D eigenvalue weighted by Gasteiger charge is 2.22. The van der Waals surface area contributed by atoms with Crippen LogP contribution in [0.5, 0.6) is 5.75 Å². The summed E-state index contributed by atoms with van der Waals surface area (Å²) < 4.78 is 10.8. The molecule has 1 aromatic carbocycles. The molecule has 19 heavy (non-hydrogen) atoms. The van der Waals surface area contributed by atoms with Crippen LogP contribution in [0.1, 0.15) is 24.1 Å². The van der Waals surface area contributed by atoms with Gasteiger partial charge in [0, 0.05) is 6.54 Å². The summed E-state index contributed by atoms with van der Waals surface area (Å²) in [6.07, 6.45) is 1.06. The van der Waals surface area contributed by atoms with E-state index < -0.39 is 0 Å². The van der Waals surface area contributed by atoms with E-state index in [0.717, 1.165) is 25.3 Å². The summed E-state index contributed by atoms with van der Waals surface area (Å²) in [5.41, 5.74) is 0. The Kier molecular flexibility index (Phi) is 4.76. The van der Waals surface area contributed by atoms with Crippen LogP contribution < -0.4 is 10.1 Å². The van der Waals surface area contributed by atoms with E-state index in [1.54, 1.807) is 0 Å². The van der Waals surface area contributed by atoms with E-state index >= 15 is 0 Å². The van der Waals surface area contributed by atoms with Gasteiger partial charge >= 0.3 is 0 Å². The first-order valence-corrected chi connectivity index (χ1v) is 6.13. The van der Waals surface area contributed by atoms with Crippen molar-refractivity contribution in [2.24, 2.45) is 0 Å². The molecule has 0 radical (unpaired) electrons. The third kappa shape index (κ3) is 3.45. The number of aromatic nitrogens is 2. The molecule has 1 aromatic heterocycles. The van der Waals surface area contributed by atoms with Gasteiger partial charge in [0.2, 0.25) is 11.7 Å². The second-order valence-electron chi connectivity index (χ2n) is 4.34. The van der Waals surface area contributed by atoms with Crippen LogP contribution in [-0.2, 0) is 6.61 Å². The van der Waals surface area contributed by atoms with E-state index in [1.807, 2.05) is 30.3 Å². The Hall–Kier alpha value is -1.59. The van der Waals surface area contributed by atoms with Gasteiger partial charge in [0.15, 0.2) is 6.61 Å². The van der Waals surface area contributed by atoms with E-state index in [2.05, 4.69) is 15.5 Å². The summed E-state index contributed by atoms with van der Waals surface area (Å²) in [4.78, 5) is 4.36. The molecule has 1 N–H and O–H groups in total. The number of benzene rings is 1. The van der Waals surface area contributed by atoms with Gasteiger partial charge < -0.3 is 14.6 Å². The highest BCUT2D eigenvalue weighted by molar-refractivity contribution is 5.85. The van der Waals surface area contributed by atoms with E-state index in [9.17, 15) is 0 Å². The molecular weight excluding hydrogens is 266 g/mol. The Morgan fingerprint density at radius 2 is 2.16 bits per heavy atom. The highest BCUT2D eigenvalue weighted by atomic mass is 35.5. The molecule has 0 spiro atoms. The molecule has 1 fully saturated rings. The van der Waals surface area contributed by atoms with Crippen molar-refractivity contribution in [1.82, 2.24) is 15.5 Å². The maximum atomic E-state index is 5.57. The van der Waals surface area contributed by atoms with Crippen molar-refractivity contribution in [3.8, 4) is 5.75 Å². The normalized spacial score (nSPS) is 18.0. The van der Waals surface area contributed by atoms with Crippen LogP contribution in [0.25, 0.3) is 0 Å². The Balaban J connectivity index is 0.00000133. The maximum Gasteiger partial charge on any atom is 0.231 e. The fraction of sp³-hybridized carbons (Fsp3) is 0.385. The highest BCUT2D eigenvalue weighted by Crippen LogP contribution is 2.20. The molecule has 0 bridgehead atoms. The van der Waals surface area contributed by atoms with Crippen molar-refractivity contribution >= 4 is 12.4 Å². The molecule has 1 aliphatic rings. The summed E-state index contributed by atoms with van der Waals surface area (Å²) in [6, 6.07) is 9.62. The van der Waals surface area contributed by atoms with Crippen LogP contribution in [0.4, 0.5) is 0 Å². The molecule has 6 heteroatoms. The fourth-order valence-corrected chi connectivity index (χ4v) is 2.02. The minimum absolute atomic E-state index is 0. The number of ether oxygens (including phenoxy) is 1. The first-order valence-electron chi connectivity index (χ1n) is 6.13. The first kappa shape index (κ1) is 13.8. The topological polar surface area (TPSA) is 60.2 Å². The van der Waals surface area contributed by atoms with Crippen LogP contribution in [-0.4, -0.2) is 23.2 Å². The van der Waals surface area contributed by atoms with Gasteiger partial charge in [0.25, 0.3) is 0 Å². The minimum Gasteiger partial charge on any atom is -0.485 e. The molecule has 0 aliphatic carbocycles. The van der Waals surface area contributed by atoms with Gasteiger partial charge in [0.05, 0.1) is 5.92 Å². The number of nitrogens with one attached hydrogen (secondary N) is 1. The van der Waals surface area contributed by atoms with Gasteiger partial charge in [-0.05, 0) is 25.1 Å². The molecule has 3 rings (SSSR count). The van der Waals surface area contributed by atoms with Gasteiger partial charge in [-0.1, -0.05) is 23.4 Å². The predicted octanol–water partition coefficient (Wildman–Crippen LogP) is 2.15. The van der Waals surface area contributed by atoms with E-state index in [1.165, 1.54) is 0 Å². The number of para-hydroxylation sites is 1. The SMILES string of the molecule is Cl.c1ccc(OCc2noc([C@@H]3CCNC3)n2)cc1. The van der Waals surface area contributed by atoms with E-state index in [4.69, 9.17) is 9.26 Å². The summed E-state index contributed by atoms with van der Waals surface area (Å²) in [6.45, 7) is 2.28. The van der Waals surface area contributed by atoms with E-state index in [-0.39, 0.29) is 12.4 Å². The lowest BCUT2D eigenvalue weighted by Gasteiger charge is -2.01. The van der Waals surface area contributed by atoms with E-state index in [0.29, 0.717) is 24.2 Å². The lowest BCUT2D eigenvalue weighted by molar-refractivity contribution is 0.284. The van der Waals surface area contributed by atoms with Crippen molar-refractivity contribution in [3.63, 3.8) is 0 Å². The number of rotatable bonds is 4. The number of hydrogen-bond acceptors (Lipinski definition) is 5. The molecule has 2 heterocycles. The molecule has 1 saturated heterocycles. The monoisotopic (exact) mass is 281 g/mol. The van der Waals surface area contributed by atoms with Gasteiger partial charge in [-0.2, -0.15) is 4.98 Å². The Morgan fingerprint density at radius 1 is 1.32 bits per heavy atom. The molecule has 102 valence electrons. The Bertz CT molecular complexity index is 498. The zero-order valence-corrected chi connectivity index (χ0v) is 11.2. The van der Waals surface area contributed by atoms with Crippen molar-refractivity contribution in [2.45, 2.75) is 18.9 Å². The zero-order chi connectivity index (χ0) is 12.2. The van der Waals surface area contributed by atoms with Crippen LogP contribution in [0.3, 0.4) is 0 Å². The molecule has 2 aromatic rings. The Morgan fingerprint density at radius 3 is 2.89 bits per heavy atom. The van der Waals surface area contributed by atoms with Gasteiger partial charge in [0.1, 0.15) is 5.75 Å². The molecule has 1 aliphatic heterocycles. The predicted molar refractivity (Wildman–Crippen MR) is 72.5 cm³/mol. The second-order valence-corrected chi connectivity index (χ2v) is 4.34. The average Bonchev–Trinajstić information content (AvgIpc) is 3.08. The zero-order valence-electron chi connectivity index (χ0n) is 10.4. The molecule has 0 saturated carbocycles. The van der Waals surface area contributed by atoms with Crippen LogP contribution >= 0.6 is 12.4 Å². The van der Waals surface area contributed by atoms with Crippen LogP contribution in [0, 0.1) is 0 Å². The lowest BCUT2D eigenvalue weighted by atomic mass is 10.1. The summed E-state index contributed by atoms with van der Waals surface area (Å²) in [7, 11) is 0. The molecular formula is C13H16ClN3O2. The summed E-state index contributed by atoms with van der Waals surface area (Å²) >= 11 is 0. The largest absolute Gasteiger partial charge is 0.485 e. The van der Waals surface area contributed by atoms with Gasteiger partial charge in [-0.25, -0.2) is 0 Å². The fourth-order valence-electron chi connectivity index (χ4n) is 2.02. The van der Waals surface area contributed by atoms with Crippen molar-refractivity contribution < 1.29 is 9.26 Å². The van der Waals surface area contributed by atoms with Crippen molar-refractivity contribution in [1.29, 1.82) is 0 Å². The smallest absolute Gasteiger partial charge is 0.231 e. The molecule has 5 nitrogen and oxygen atoms in total. The average molecular weight is 282 g/mol. The molecule has 1 atom stereocenters. The van der Waals surface area contributed by atoms with Crippen LogP contribution in [0.2, 0.25) is 0 Å². The summed E-state index contributed by atoms with van der Waals surface area (Å²) in [5.74, 6) is 2.47. The van der Waals surface area contributed by atoms with Crippen LogP contribution in [0.15, 0.2) is 34.9 Å². The number of halogens is 1. The minimum atomic E-state index is 0. The van der Waals surface area contributed by atoms with Gasteiger partial charge in [-0.15, -0.1) is 12.4 Å². The quantitative estimate of drug-likeness (QED) is 0.930. The molecule has 0 amide bonds. The molecule has 0 unspecified atom stereocenters. The lowest BCUT2D eigenvalue weighted by Crippen LogP contribution is -2.08. The number of nitrogens with zero attached hydrogens (tertiary/aromatic N) is 2. The maximum absolute atomic E-state index is 5.57. The first-order chi connectivity index (χ1) is 8.92. The Labute approximate surface area is 117 Å². The summed E-state index contributed by atoms with van der Waals surface area (Å²) in [5, 5.41) is 7.22. The standard InChI is InChI=1S/C13H15N3O2.ClH/c1-2-4-11(5-3-1)17-9-12-15-13(18-16-12)10-6-7-14-8-10;/h1-5,10,14H,6-9H2;1H/t10-;/m1./s1. The van der Waals surface area contributed by atoms with Crippen molar-refractivity contribution in [3.05, 3.63) is 42.0 Å². The third-order valence-corrected chi connectivity index (χ3v) is 3.00. The van der Waals surface area contributed by atoms with Gasteiger partial charge in [-0.3, -0.25) is 0 Å². The van der Waals surface area contributed by atoms with Crippen molar-refractivity contribution in [2.75, 3.05) is 13.1 Å². The third-order valence-electron chi connectivity index (χ3n) is 3.00.